The van der Waals surface area contributed by atoms with Crippen LogP contribution in [-0.2, 0) is 10.3 Å². The lowest BCUT2D eigenvalue weighted by molar-refractivity contribution is 0.0635. The molecule has 6 aromatic rings. The smallest absolute Gasteiger partial charge is 0.414 e. The van der Waals surface area contributed by atoms with Gasteiger partial charge in [-0.3, -0.25) is 10.3 Å². The number of anilines is 1. The molecule has 0 fully saturated rings. The average molecular weight is 543 g/mol. The highest BCUT2D eigenvalue weighted by Gasteiger charge is 2.40. The van der Waals surface area contributed by atoms with Gasteiger partial charge in [0, 0.05) is 18.6 Å². The molecule has 2 N–H and O–H groups in total. The molecule has 3 heterocycles. The lowest BCUT2D eigenvalue weighted by Gasteiger charge is -2.38. The van der Waals surface area contributed by atoms with Crippen molar-refractivity contribution in [3.05, 3.63) is 132 Å². The van der Waals surface area contributed by atoms with Crippen LogP contribution in [0, 0.1) is 0 Å². The Labute approximate surface area is 238 Å². The van der Waals surface area contributed by atoms with Crippen molar-refractivity contribution < 1.29 is 9.53 Å². The quantitative estimate of drug-likeness (QED) is 0.221. The van der Waals surface area contributed by atoms with Crippen molar-refractivity contribution in [2.75, 3.05) is 5.32 Å². The highest BCUT2D eigenvalue weighted by molar-refractivity contribution is 5.92. The molecule has 0 unspecified atom stereocenters. The Hall–Kier alpha value is -5.24. The first kappa shape index (κ1) is 26.0. The largest absolute Gasteiger partial charge is 0.444 e. The second-order valence-corrected chi connectivity index (χ2v) is 10.7. The zero-order valence-electron chi connectivity index (χ0n) is 23.1. The van der Waals surface area contributed by atoms with Gasteiger partial charge in [-0.15, -0.1) is 0 Å². The maximum Gasteiger partial charge on any atom is 0.414 e. The minimum atomic E-state index is -0.770. The van der Waals surface area contributed by atoms with Gasteiger partial charge in [0.1, 0.15) is 22.4 Å². The van der Waals surface area contributed by atoms with Gasteiger partial charge in [-0.1, -0.05) is 91.0 Å². The maximum absolute atomic E-state index is 12.4. The van der Waals surface area contributed by atoms with Crippen molar-refractivity contribution in [3.63, 3.8) is 0 Å². The first-order valence-corrected chi connectivity index (χ1v) is 13.4. The van der Waals surface area contributed by atoms with E-state index in [0.717, 1.165) is 16.7 Å². The number of hydrogen-bond donors (Lipinski definition) is 2. The van der Waals surface area contributed by atoms with Crippen LogP contribution in [0.2, 0.25) is 0 Å². The molecular weight excluding hydrogens is 512 g/mol. The number of hydrogen-bond acceptors (Lipinski definition) is 5. The summed E-state index contributed by atoms with van der Waals surface area (Å²) in [5, 5.41) is 2.70. The monoisotopic (exact) mass is 542 g/mol. The molecule has 0 bridgehead atoms. The Kier molecular flexibility index (Phi) is 6.59. The fourth-order valence-electron chi connectivity index (χ4n) is 5.26. The Balaban J connectivity index is 1.57. The van der Waals surface area contributed by atoms with Crippen LogP contribution in [-0.4, -0.2) is 36.2 Å². The minimum absolute atomic E-state index is 0.266. The van der Waals surface area contributed by atoms with Gasteiger partial charge in [-0.2, -0.15) is 0 Å². The Morgan fingerprint density at radius 2 is 1.34 bits per heavy atom. The van der Waals surface area contributed by atoms with Crippen molar-refractivity contribution >= 4 is 23.1 Å². The van der Waals surface area contributed by atoms with E-state index >= 15 is 0 Å². The predicted octanol–water partition coefficient (Wildman–Crippen LogP) is 7.01. The van der Waals surface area contributed by atoms with E-state index in [9.17, 15) is 4.79 Å². The Morgan fingerprint density at radius 1 is 0.780 bits per heavy atom. The normalized spacial score (nSPS) is 11.9. The van der Waals surface area contributed by atoms with E-state index < -0.39 is 17.2 Å². The van der Waals surface area contributed by atoms with Crippen molar-refractivity contribution in [1.82, 2.24) is 24.5 Å². The molecule has 8 heteroatoms. The molecule has 0 atom stereocenters. The zero-order chi connectivity index (χ0) is 28.5. The third-order valence-corrected chi connectivity index (χ3v) is 6.81. The number of pyridine rings is 1. The maximum atomic E-state index is 12.4. The summed E-state index contributed by atoms with van der Waals surface area (Å²) in [5.41, 5.74) is 3.66. The van der Waals surface area contributed by atoms with E-state index in [0.29, 0.717) is 22.6 Å². The molecule has 0 saturated carbocycles. The Morgan fingerprint density at radius 3 is 1.88 bits per heavy atom. The van der Waals surface area contributed by atoms with E-state index in [1.807, 2.05) is 87.6 Å². The lowest BCUT2D eigenvalue weighted by Crippen LogP contribution is -2.38. The molecule has 0 aliphatic rings. The molecule has 0 radical (unpaired) electrons. The molecule has 41 heavy (non-hydrogen) atoms. The van der Waals surface area contributed by atoms with Crippen LogP contribution >= 0.6 is 0 Å². The van der Waals surface area contributed by atoms with Crippen LogP contribution in [0.1, 0.15) is 37.5 Å². The van der Waals surface area contributed by atoms with Gasteiger partial charge in [0.15, 0.2) is 5.82 Å². The molecule has 3 aromatic heterocycles. The summed E-state index contributed by atoms with van der Waals surface area (Å²) in [7, 11) is 0. The zero-order valence-corrected chi connectivity index (χ0v) is 23.1. The lowest BCUT2D eigenvalue weighted by atomic mass is 9.76. The van der Waals surface area contributed by atoms with Gasteiger partial charge in [-0.05, 0) is 43.5 Å². The number of nitrogens with zero attached hydrogens (tertiary/aromatic N) is 4. The predicted molar refractivity (Wildman–Crippen MR) is 160 cm³/mol. The van der Waals surface area contributed by atoms with Gasteiger partial charge in [-0.25, -0.2) is 14.8 Å². The van der Waals surface area contributed by atoms with Crippen LogP contribution in [0.4, 0.5) is 10.7 Å². The summed E-state index contributed by atoms with van der Waals surface area (Å²) in [5.74, 6) is 0.893. The second kappa shape index (κ2) is 10.4. The summed E-state index contributed by atoms with van der Waals surface area (Å²) in [6.07, 6.45) is 4.88. The summed E-state index contributed by atoms with van der Waals surface area (Å²) in [6, 6.07) is 33.0. The number of H-pyrrole nitrogens is 1. The molecule has 6 rings (SSSR count). The first-order valence-electron chi connectivity index (χ1n) is 13.4. The van der Waals surface area contributed by atoms with E-state index in [1.54, 1.807) is 12.4 Å². The molecule has 3 aromatic carbocycles. The fraction of sp³-hybridized carbons (Fsp3) is 0.152. The second-order valence-electron chi connectivity index (χ2n) is 10.7. The topological polar surface area (TPSA) is 97.7 Å². The molecular formula is C33H30N6O2. The summed E-state index contributed by atoms with van der Waals surface area (Å²) in [6.45, 7) is 5.43. The molecule has 0 aliphatic carbocycles. The number of rotatable bonds is 6. The highest BCUT2D eigenvalue weighted by Crippen LogP contribution is 2.43. The summed E-state index contributed by atoms with van der Waals surface area (Å²) in [4.78, 5) is 29.9. The first-order chi connectivity index (χ1) is 19.9. The molecule has 0 aliphatic heterocycles. The molecule has 1 amide bonds. The van der Waals surface area contributed by atoms with Crippen LogP contribution in [0.3, 0.4) is 0 Å². The van der Waals surface area contributed by atoms with Gasteiger partial charge in [0.25, 0.3) is 0 Å². The van der Waals surface area contributed by atoms with E-state index in [1.165, 1.54) is 0 Å². The number of nitrogens with one attached hydrogen (secondary N) is 2. The Bertz CT molecular complexity index is 1690. The SMILES string of the molecule is CC(C)(C)OC(=O)Nc1nc2c(-c3nccn3C(c3ccccc3)(c3ccccc3)c3ccccc3)nccc2[nH]1. The molecule has 8 nitrogen and oxygen atoms in total. The molecule has 0 spiro atoms. The number of carbonyl (C=O) groups excluding carboxylic acids is 1. The van der Waals surface area contributed by atoms with Gasteiger partial charge in [0.05, 0.1) is 5.52 Å². The van der Waals surface area contributed by atoms with Crippen molar-refractivity contribution in [2.45, 2.75) is 31.9 Å². The van der Waals surface area contributed by atoms with Gasteiger partial charge >= 0.3 is 6.09 Å². The van der Waals surface area contributed by atoms with E-state index in [2.05, 4.69) is 51.3 Å². The highest BCUT2D eigenvalue weighted by atomic mass is 16.6. The van der Waals surface area contributed by atoms with E-state index in [4.69, 9.17) is 19.7 Å². The number of ether oxygens (including phenoxy) is 1. The van der Waals surface area contributed by atoms with Crippen LogP contribution in [0.25, 0.3) is 22.6 Å². The number of imidazole rings is 2. The van der Waals surface area contributed by atoms with Gasteiger partial charge in [0.2, 0.25) is 5.95 Å². The summed E-state index contributed by atoms with van der Waals surface area (Å²) >= 11 is 0. The third kappa shape index (κ3) is 4.84. The standard InChI is InChI=1S/C33H30N6O2/c1-32(2,3)41-31(40)38-30-36-26-19-20-34-28(27(26)37-30)29-35-21-22-39(29)33(23-13-7-4-8-14-23,24-15-9-5-10-16-24)25-17-11-6-12-18-25/h4-22H,1-3H3,(H2,36,37,38,40). The van der Waals surface area contributed by atoms with Gasteiger partial charge < -0.3 is 14.3 Å². The number of benzene rings is 3. The number of carbonyl (C=O) groups is 1. The number of amides is 1. The molecule has 204 valence electrons. The molecule has 0 saturated heterocycles. The van der Waals surface area contributed by atoms with Crippen molar-refractivity contribution in [3.8, 4) is 11.5 Å². The number of fused-ring (bicyclic) bond motifs is 1. The number of aromatic nitrogens is 5. The van der Waals surface area contributed by atoms with Crippen LogP contribution in [0.5, 0.6) is 0 Å². The van der Waals surface area contributed by atoms with Crippen molar-refractivity contribution in [1.29, 1.82) is 0 Å². The fourth-order valence-corrected chi connectivity index (χ4v) is 5.26. The number of aromatic amines is 1. The summed E-state index contributed by atoms with van der Waals surface area (Å²) < 4.78 is 7.57. The minimum Gasteiger partial charge on any atom is -0.444 e. The van der Waals surface area contributed by atoms with Crippen LogP contribution < -0.4 is 5.32 Å². The third-order valence-electron chi connectivity index (χ3n) is 6.81. The average Bonchev–Trinajstić information content (AvgIpc) is 3.61. The van der Waals surface area contributed by atoms with Crippen molar-refractivity contribution in [2.24, 2.45) is 0 Å². The van der Waals surface area contributed by atoms with E-state index in [-0.39, 0.29) is 5.95 Å². The van der Waals surface area contributed by atoms with Crippen LogP contribution in [0.15, 0.2) is 116 Å².